The number of nitrogens with zero attached hydrogens (tertiary/aromatic N) is 2. The standard InChI is InChI=1S/C15H28N2O2/c1-16-9-5-6-13(10-16)14(19)17(2)11-15(12-18)7-3-4-8-15/h13,18H,3-12H2,1-2H3/t13-/m1/s1. The molecule has 1 saturated heterocycles. The van der Waals surface area contributed by atoms with E-state index in [1.54, 1.807) is 0 Å². The smallest absolute Gasteiger partial charge is 0.226 e. The first kappa shape index (κ1) is 14.8. The van der Waals surface area contributed by atoms with Crippen molar-refractivity contribution in [3.05, 3.63) is 0 Å². The molecular weight excluding hydrogens is 240 g/mol. The van der Waals surface area contributed by atoms with Gasteiger partial charge >= 0.3 is 0 Å². The molecule has 0 aromatic rings. The van der Waals surface area contributed by atoms with Crippen molar-refractivity contribution in [3.8, 4) is 0 Å². The molecule has 2 aliphatic rings. The van der Waals surface area contributed by atoms with Gasteiger partial charge in [0.2, 0.25) is 5.91 Å². The van der Waals surface area contributed by atoms with Gasteiger partial charge in [0, 0.05) is 25.6 Å². The molecule has 1 amide bonds. The second-order valence-corrected chi connectivity index (χ2v) is 6.66. The summed E-state index contributed by atoms with van der Waals surface area (Å²) in [4.78, 5) is 16.6. The Labute approximate surface area is 116 Å². The quantitative estimate of drug-likeness (QED) is 0.837. The topological polar surface area (TPSA) is 43.8 Å². The molecule has 1 N–H and O–H groups in total. The SMILES string of the molecule is CN1CCC[C@@H](C(=O)N(C)CC2(CO)CCCC2)C1. The first-order valence-electron chi connectivity index (χ1n) is 7.61. The van der Waals surface area contributed by atoms with E-state index in [2.05, 4.69) is 11.9 Å². The van der Waals surface area contributed by atoms with Crippen LogP contribution < -0.4 is 0 Å². The highest BCUT2D eigenvalue weighted by Gasteiger charge is 2.36. The number of carbonyl (C=O) groups is 1. The van der Waals surface area contributed by atoms with Crippen molar-refractivity contribution in [2.24, 2.45) is 11.3 Å². The van der Waals surface area contributed by atoms with Gasteiger partial charge < -0.3 is 14.9 Å². The lowest BCUT2D eigenvalue weighted by atomic mass is 9.86. The zero-order chi connectivity index (χ0) is 13.9. The molecule has 2 rings (SSSR count). The molecule has 0 radical (unpaired) electrons. The van der Waals surface area contributed by atoms with Crippen molar-refractivity contribution in [1.29, 1.82) is 0 Å². The lowest BCUT2D eigenvalue weighted by Gasteiger charge is -2.36. The molecule has 1 saturated carbocycles. The number of aliphatic hydroxyl groups is 1. The van der Waals surface area contributed by atoms with Gasteiger partial charge in [0.05, 0.1) is 12.5 Å². The summed E-state index contributed by atoms with van der Waals surface area (Å²) in [5.74, 6) is 0.423. The number of amides is 1. The van der Waals surface area contributed by atoms with Crippen LogP contribution in [0.4, 0.5) is 0 Å². The average molecular weight is 268 g/mol. The molecule has 19 heavy (non-hydrogen) atoms. The van der Waals surface area contributed by atoms with Crippen LogP contribution in [0.3, 0.4) is 0 Å². The highest BCUT2D eigenvalue weighted by Crippen LogP contribution is 2.38. The van der Waals surface area contributed by atoms with Gasteiger partial charge in [-0.1, -0.05) is 12.8 Å². The normalized spacial score (nSPS) is 27.4. The molecule has 0 spiro atoms. The molecule has 0 unspecified atom stereocenters. The first-order chi connectivity index (χ1) is 9.06. The van der Waals surface area contributed by atoms with E-state index in [1.807, 2.05) is 11.9 Å². The molecule has 1 aliphatic heterocycles. The summed E-state index contributed by atoms with van der Waals surface area (Å²) < 4.78 is 0. The zero-order valence-corrected chi connectivity index (χ0v) is 12.4. The number of aliphatic hydroxyl groups excluding tert-OH is 1. The maximum Gasteiger partial charge on any atom is 0.226 e. The number of rotatable bonds is 4. The van der Waals surface area contributed by atoms with Crippen LogP contribution in [0.2, 0.25) is 0 Å². The van der Waals surface area contributed by atoms with Crippen LogP contribution in [-0.2, 0) is 4.79 Å². The summed E-state index contributed by atoms with van der Waals surface area (Å²) in [5, 5.41) is 9.65. The van der Waals surface area contributed by atoms with Crippen molar-refractivity contribution >= 4 is 5.91 Å². The zero-order valence-electron chi connectivity index (χ0n) is 12.4. The monoisotopic (exact) mass is 268 g/mol. The van der Waals surface area contributed by atoms with Gasteiger partial charge in [-0.15, -0.1) is 0 Å². The van der Waals surface area contributed by atoms with E-state index in [1.165, 1.54) is 12.8 Å². The third kappa shape index (κ3) is 3.48. The molecule has 1 atom stereocenters. The Kier molecular flexibility index (Phi) is 4.85. The summed E-state index contributed by atoms with van der Waals surface area (Å²) >= 11 is 0. The molecule has 1 aliphatic carbocycles. The van der Waals surface area contributed by atoms with Gasteiger partial charge in [0.15, 0.2) is 0 Å². The number of hydrogen-bond acceptors (Lipinski definition) is 3. The number of likely N-dealkylation sites (tertiary alicyclic amines) is 1. The fourth-order valence-corrected chi connectivity index (χ4v) is 3.75. The lowest BCUT2D eigenvalue weighted by Crippen LogP contribution is -2.46. The highest BCUT2D eigenvalue weighted by atomic mass is 16.3. The minimum Gasteiger partial charge on any atom is -0.396 e. The molecule has 110 valence electrons. The van der Waals surface area contributed by atoms with Crippen LogP contribution >= 0.6 is 0 Å². The van der Waals surface area contributed by atoms with E-state index in [-0.39, 0.29) is 23.8 Å². The van der Waals surface area contributed by atoms with E-state index in [0.717, 1.165) is 45.3 Å². The van der Waals surface area contributed by atoms with E-state index in [4.69, 9.17) is 0 Å². The Hall–Kier alpha value is -0.610. The predicted molar refractivity (Wildman–Crippen MR) is 75.8 cm³/mol. The summed E-state index contributed by atoms with van der Waals surface area (Å²) in [6.07, 6.45) is 6.63. The molecule has 0 bridgehead atoms. The Bertz CT molecular complexity index is 313. The van der Waals surface area contributed by atoms with E-state index in [9.17, 15) is 9.90 Å². The van der Waals surface area contributed by atoms with Crippen molar-refractivity contribution in [3.63, 3.8) is 0 Å². The van der Waals surface area contributed by atoms with Gasteiger partial charge in [-0.2, -0.15) is 0 Å². The highest BCUT2D eigenvalue weighted by molar-refractivity contribution is 5.79. The van der Waals surface area contributed by atoms with E-state index < -0.39 is 0 Å². The third-order valence-electron chi connectivity index (χ3n) is 4.92. The van der Waals surface area contributed by atoms with Crippen LogP contribution in [0.5, 0.6) is 0 Å². The van der Waals surface area contributed by atoms with Crippen molar-refractivity contribution in [2.45, 2.75) is 38.5 Å². The fraction of sp³-hybridized carbons (Fsp3) is 0.933. The van der Waals surface area contributed by atoms with Crippen LogP contribution in [0.15, 0.2) is 0 Å². The van der Waals surface area contributed by atoms with Gasteiger partial charge in [-0.25, -0.2) is 0 Å². The Balaban J connectivity index is 1.91. The summed E-state index contributed by atoms with van der Waals surface area (Å²) in [7, 11) is 4.00. The molecule has 4 heteroatoms. The minimum absolute atomic E-state index is 0.0228. The third-order valence-corrected chi connectivity index (χ3v) is 4.92. The number of carbonyl (C=O) groups excluding carboxylic acids is 1. The first-order valence-corrected chi connectivity index (χ1v) is 7.61. The Morgan fingerprint density at radius 1 is 1.37 bits per heavy atom. The van der Waals surface area contributed by atoms with E-state index in [0.29, 0.717) is 0 Å². The van der Waals surface area contributed by atoms with Crippen molar-refractivity contribution in [2.75, 3.05) is 40.3 Å². The van der Waals surface area contributed by atoms with Crippen LogP contribution in [0, 0.1) is 11.3 Å². The molecule has 0 aromatic carbocycles. The van der Waals surface area contributed by atoms with Gasteiger partial charge in [-0.05, 0) is 39.3 Å². The summed E-state index contributed by atoms with van der Waals surface area (Å²) in [6, 6.07) is 0. The van der Waals surface area contributed by atoms with Crippen molar-refractivity contribution in [1.82, 2.24) is 9.80 Å². The van der Waals surface area contributed by atoms with Crippen LogP contribution in [0.25, 0.3) is 0 Å². The molecule has 0 aromatic heterocycles. The predicted octanol–water partition coefficient (Wildman–Crippen LogP) is 1.34. The molecular formula is C15H28N2O2. The minimum atomic E-state index is -0.0228. The average Bonchev–Trinajstić information content (AvgIpc) is 2.87. The largest absolute Gasteiger partial charge is 0.396 e. The molecule has 4 nitrogen and oxygen atoms in total. The molecule has 2 fully saturated rings. The number of piperidine rings is 1. The summed E-state index contributed by atoms with van der Waals surface area (Å²) in [6.45, 7) is 2.93. The van der Waals surface area contributed by atoms with Crippen LogP contribution in [-0.4, -0.2) is 61.2 Å². The summed E-state index contributed by atoms with van der Waals surface area (Å²) in [5.41, 5.74) is -0.0228. The second-order valence-electron chi connectivity index (χ2n) is 6.66. The molecule has 1 heterocycles. The van der Waals surface area contributed by atoms with Gasteiger partial charge in [0.1, 0.15) is 0 Å². The van der Waals surface area contributed by atoms with E-state index >= 15 is 0 Å². The maximum absolute atomic E-state index is 12.5. The van der Waals surface area contributed by atoms with Crippen molar-refractivity contribution < 1.29 is 9.90 Å². The number of hydrogen-bond donors (Lipinski definition) is 1. The van der Waals surface area contributed by atoms with Gasteiger partial charge in [0.25, 0.3) is 0 Å². The fourth-order valence-electron chi connectivity index (χ4n) is 3.75. The Morgan fingerprint density at radius 3 is 2.63 bits per heavy atom. The Morgan fingerprint density at radius 2 is 2.05 bits per heavy atom. The second kappa shape index (κ2) is 6.23. The maximum atomic E-state index is 12.5. The van der Waals surface area contributed by atoms with Gasteiger partial charge in [-0.3, -0.25) is 4.79 Å². The lowest BCUT2D eigenvalue weighted by molar-refractivity contribution is -0.137. The van der Waals surface area contributed by atoms with Crippen LogP contribution in [0.1, 0.15) is 38.5 Å².